The zero-order valence-corrected chi connectivity index (χ0v) is 10.9. The number of carbonyl (C=O) groups is 1. The molecule has 0 spiro atoms. The summed E-state index contributed by atoms with van der Waals surface area (Å²) in [6, 6.07) is 1.95. The maximum Gasteiger partial charge on any atom is 0.269 e. The molecule has 1 amide bonds. The first-order valence-corrected chi connectivity index (χ1v) is 6.20. The molecule has 5 nitrogen and oxygen atoms in total. The third-order valence-corrected chi connectivity index (χ3v) is 2.70. The van der Waals surface area contributed by atoms with E-state index in [-0.39, 0.29) is 11.9 Å². The van der Waals surface area contributed by atoms with E-state index in [0.29, 0.717) is 18.8 Å². The first-order chi connectivity index (χ1) is 8.12. The lowest BCUT2D eigenvalue weighted by Crippen LogP contribution is -2.35. The van der Waals surface area contributed by atoms with Crippen molar-refractivity contribution in [3.63, 3.8) is 0 Å². The highest BCUT2D eigenvalue weighted by atomic mass is 16.2. The van der Waals surface area contributed by atoms with Crippen molar-refractivity contribution < 1.29 is 4.79 Å². The first-order valence-electron chi connectivity index (χ1n) is 6.20. The van der Waals surface area contributed by atoms with Crippen LogP contribution in [-0.4, -0.2) is 28.3 Å². The zero-order chi connectivity index (χ0) is 12.8. The minimum atomic E-state index is -0.0694. The van der Waals surface area contributed by atoms with Gasteiger partial charge >= 0.3 is 0 Å². The Hall–Kier alpha value is -1.36. The summed E-state index contributed by atoms with van der Waals surface area (Å²) in [4.78, 5) is 12.0. The van der Waals surface area contributed by atoms with Crippen molar-refractivity contribution in [1.29, 1.82) is 0 Å². The molecule has 96 valence electrons. The molecule has 0 saturated heterocycles. The van der Waals surface area contributed by atoms with Crippen molar-refractivity contribution in [3.8, 4) is 0 Å². The van der Waals surface area contributed by atoms with Crippen molar-refractivity contribution in [2.24, 2.45) is 5.73 Å². The third kappa shape index (κ3) is 3.56. The number of aromatic nitrogens is 2. The van der Waals surface area contributed by atoms with Gasteiger partial charge in [-0.2, -0.15) is 5.10 Å². The third-order valence-electron chi connectivity index (χ3n) is 2.70. The maximum atomic E-state index is 12.0. The summed E-state index contributed by atoms with van der Waals surface area (Å²) in [6.45, 7) is 7.24. The van der Waals surface area contributed by atoms with E-state index in [1.165, 1.54) is 0 Å². The fourth-order valence-electron chi connectivity index (χ4n) is 1.69. The van der Waals surface area contributed by atoms with E-state index in [9.17, 15) is 4.79 Å². The first kappa shape index (κ1) is 13.7. The number of aryl methyl sites for hydroxylation is 2. The smallest absolute Gasteiger partial charge is 0.269 e. The van der Waals surface area contributed by atoms with Gasteiger partial charge in [-0.25, -0.2) is 0 Å². The molecule has 1 aromatic heterocycles. The van der Waals surface area contributed by atoms with Crippen LogP contribution >= 0.6 is 0 Å². The van der Waals surface area contributed by atoms with Crippen molar-refractivity contribution in [1.82, 2.24) is 15.1 Å². The van der Waals surface area contributed by atoms with Gasteiger partial charge in [0, 0.05) is 12.6 Å². The quantitative estimate of drug-likeness (QED) is 0.774. The fourth-order valence-corrected chi connectivity index (χ4v) is 1.69. The van der Waals surface area contributed by atoms with Gasteiger partial charge in [0.05, 0.1) is 5.69 Å². The summed E-state index contributed by atoms with van der Waals surface area (Å²) >= 11 is 0. The van der Waals surface area contributed by atoms with E-state index >= 15 is 0 Å². The molecule has 0 radical (unpaired) electrons. The molecule has 1 aromatic rings. The summed E-state index contributed by atoms with van der Waals surface area (Å²) in [5, 5.41) is 7.28. The van der Waals surface area contributed by atoms with Crippen LogP contribution < -0.4 is 11.1 Å². The summed E-state index contributed by atoms with van der Waals surface area (Å²) in [7, 11) is 0. The van der Waals surface area contributed by atoms with Crippen LogP contribution in [0.25, 0.3) is 0 Å². The van der Waals surface area contributed by atoms with Crippen LogP contribution in [0.1, 0.15) is 43.4 Å². The second-order valence-electron chi connectivity index (χ2n) is 4.14. The molecule has 1 heterocycles. The highest BCUT2D eigenvalue weighted by molar-refractivity contribution is 5.92. The van der Waals surface area contributed by atoms with Crippen LogP contribution in [0.2, 0.25) is 0 Å². The van der Waals surface area contributed by atoms with Crippen molar-refractivity contribution in [2.75, 3.05) is 6.54 Å². The second-order valence-corrected chi connectivity index (χ2v) is 4.14. The van der Waals surface area contributed by atoms with Gasteiger partial charge in [0.25, 0.3) is 5.91 Å². The zero-order valence-electron chi connectivity index (χ0n) is 10.9. The number of nitrogens with two attached hydrogens (primary N) is 1. The van der Waals surface area contributed by atoms with Gasteiger partial charge in [-0.05, 0) is 39.3 Å². The van der Waals surface area contributed by atoms with Crippen LogP contribution in [0.3, 0.4) is 0 Å². The van der Waals surface area contributed by atoms with E-state index in [2.05, 4.69) is 10.4 Å². The Morgan fingerprint density at radius 3 is 2.82 bits per heavy atom. The molecule has 0 bridgehead atoms. The molecule has 0 aliphatic rings. The average molecular weight is 238 g/mol. The molecule has 0 aromatic carbocycles. The summed E-state index contributed by atoms with van der Waals surface area (Å²) in [5.74, 6) is -0.0694. The predicted molar refractivity (Wildman–Crippen MR) is 67.9 cm³/mol. The molecule has 1 unspecified atom stereocenters. The minimum Gasteiger partial charge on any atom is -0.348 e. The Morgan fingerprint density at radius 1 is 1.59 bits per heavy atom. The van der Waals surface area contributed by atoms with E-state index in [0.717, 1.165) is 18.5 Å². The van der Waals surface area contributed by atoms with Crippen LogP contribution in [0, 0.1) is 0 Å². The van der Waals surface area contributed by atoms with E-state index in [4.69, 9.17) is 5.73 Å². The summed E-state index contributed by atoms with van der Waals surface area (Å²) < 4.78 is 1.74. The number of nitrogens with one attached hydrogen (secondary N) is 1. The highest BCUT2D eigenvalue weighted by Crippen LogP contribution is 2.06. The van der Waals surface area contributed by atoms with Crippen molar-refractivity contribution in [2.45, 2.75) is 46.2 Å². The lowest BCUT2D eigenvalue weighted by Gasteiger charge is -2.12. The lowest BCUT2D eigenvalue weighted by molar-refractivity contribution is 0.0928. The van der Waals surface area contributed by atoms with Gasteiger partial charge in [-0.3, -0.25) is 9.48 Å². The highest BCUT2D eigenvalue weighted by Gasteiger charge is 2.15. The van der Waals surface area contributed by atoms with Crippen molar-refractivity contribution >= 4 is 5.91 Å². The maximum absolute atomic E-state index is 12.0. The Balaban J connectivity index is 2.77. The number of hydrogen-bond acceptors (Lipinski definition) is 3. The summed E-state index contributed by atoms with van der Waals surface area (Å²) in [6.07, 6.45) is 1.62. The van der Waals surface area contributed by atoms with Gasteiger partial charge in [0.2, 0.25) is 0 Å². The van der Waals surface area contributed by atoms with Crippen LogP contribution in [0.15, 0.2) is 6.07 Å². The average Bonchev–Trinajstić information content (AvgIpc) is 2.72. The van der Waals surface area contributed by atoms with Crippen molar-refractivity contribution in [3.05, 3.63) is 17.5 Å². The molecule has 0 fully saturated rings. The Kier molecular flexibility index (Phi) is 5.15. The minimum absolute atomic E-state index is 0.0694. The number of amides is 1. The standard InChI is InChI=1S/C12H22N4O/c1-4-10-8-11(16(5-2)15-10)12(17)14-9(3)6-7-13/h8-9H,4-7,13H2,1-3H3,(H,14,17). The van der Waals surface area contributed by atoms with Gasteiger partial charge in [-0.1, -0.05) is 6.92 Å². The topological polar surface area (TPSA) is 72.9 Å². The largest absolute Gasteiger partial charge is 0.348 e. The number of rotatable bonds is 6. The number of carbonyl (C=O) groups excluding carboxylic acids is 1. The van der Waals surface area contributed by atoms with Gasteiger partial charge in [0.15, 0.2) is 0 Å². The molecule has 0 aliphatic heterocycles. The molecular formula is C12H22N4O. The number of nitrogens with zero attached hydrogens (tertiary/aromatic N) is 2. The molecule has 0 aliphatic carbocycles. The lowest BCUT2D eigenvalue weighted by atomic mass is 10.2. The molecule has 0 saturated carbocycles. The van der Waals surface area contributed by atoms with Gasteiger partial charge in [-0.15, -0.1) is 0 Å². The molecule has 1 atom stereocenters. The molecular weight excluding hydrogens is 216 g/mol. The molecule has 17 heavy (non-hydrogen) atoms. The Morgan fingerprint density at radius 2 is 2.29 bits per heavy atom. The Labute approximate surface area is 102 Å². The molecule has 3 N–H and O–H groups in total. The molecule has 5 heteroatoms. The predicted octanol–water partition coefficient (Wildman–Crippen LogP) is 0.932. The van der Waals surface area contributed by atoms with E-state index in [1.807, 2.05) is 26.8 Å². The second kappa shape index (κ2) is 6.39. The van der Waals surface area contributed by atoms with Gasteiger partial charge in [0.1, 0.15) is 5.69 Å². The van der Waals surface area contributed by atoms with Crippen LogP contribution in [-0.2, 0) is 13.0 Å². The van der Waals surface area contributed by atoms with E-state index in [1.54, 1.807) is 4.68 Å². The fraction of sp³-hybridized carbons (Fsp3) is 0.667. The number of hydrogen-bond donors (Lipinski definition) is 2. The van der Waals surface area contributed by atoms with Gasteiger partial charge < -0.3 is 11.1 Å². The van der Waals surface area contributed by atoms with Crippen LogP contribution in [0.5, 0.6) is 0 Å². The monoisotopic (exact) mass is 238 g/mol. The Bertz CT molecular complexity index is 373. The van der Waals surface area contributed by atoms with Crippen LogP contribution in [0.4, 0.5) is 0 Å². The molecule has 1 rings (SSSR count). The summed E-state index contributed by atoms with van der Waals surface area (Å²) in [5.41, 5.74) is 7.04. The SMILES string of the molecule is CCc1cc(C(=O)NC(C)CCN)n(CC)n1. The van der Waals surface area contributed by atoms with E-state index < -0.39 is 0 Å². The normalized spacial score (nSPS) is 12.5.